The molecule has 0 aliphatic rings. The number of benzene rings is 1. The Bertz CT molecular complexity index is 556. The molecule has 1 atom stereocenters. The van der Waals surface area contributed by atoms with Crippen LogP contribution < -0.4 is 5.73 Å². The summed E-state index contributed by atoms with van der Waals surface area (Å²) in [6.07, 6.45) is 0. The molecule has 3 N–H and O–H groups in total. The molecule has 0 spiro atoms. The fourth-order valence-corrected chi connectivity index (χ4v) is 3.00. The van der Waals surface area contributed by atoms with E-state index in [1.807, 2.05) is 50.2 Å². The van der Waals surface area contributed by atoms with E-state index in [2.05, 4.69) is 9.97 Å². The molecule has 1 aromatic heterocycles. The number of thioether (sulfide) groups is 1. The molecule has 0 saturated heterocycles. The van der Waals surface area contributed by atoms with Crippen LogP contribution in [0, 0.1) is 13.8 Å². The molecule has 0 bridgehead atoms. The third-order valence-corrected chi connectivity index (χ3v) is 4.15. The van der Waals surface area contributed by atoms with Crippen molar-refractivity contribution in [2.24, 2.45) is 5.73 Å². The van der Waals surface area contributed by atoms with Crippen molar-refractivity contribution in [3.05, 3.63) is 53.3 Å². The fourth-order valence-electron chi connectivity index (χ4n) is 1.94. The predicted molar refractivity (Wildman–Crippen MR) is 81.6 cm³/mol. The van der Waals surface area contributed by atoms with Gasteiger partial charge in [0.05, 0.1) is 12.1 Å². The zero-order valence-electron chi connectivity index (χ0n) is 11.7. The Morgan fingerprint density at radius 1 is 1.15 bits per heavy atom. The highest BCUT2D eigenvalue weighted by Gasteiger charge is 2.27. The van der Waals surface area contributed by atoms with Crippen LogP contribution in [0.3, 0.4) is 0 Å². The molecule has 0 amide bonds. The summed E-state index contributed by atoms with van der Waals surface area (Å²) in [7, 11) is 0. The maximum Gasteiger partial charge on any atom is 0.188 e. The minimum atomic E-state index is -0.785. The van der Waals surface area contributed by atoms with E-state index in [1.54, 1.807) is 0 Å². The molecular weight excluding hydrogens is 270 g/mol. The summed E-state index contributed by atoms with van der Waals surface area (Å²) >= 11 is 1.47. The monoisotopic (exact) mass is 289 g/mol. The van der Waals surface area contributed by atoms with Crippen LogP contribution in [-0.2, 0) is 5.54 Å². The SMILES string of the molecule is Cc1cc(C)nc(SCC(N)(CO)c2ccccc2)n1. The van der Waals surface area contributed by atoms with Gasteiger partial charge in [-0.25, -0.2) is 9.97 Å². The van der Waals surface area contributed by atoms with E-state index in [-0.39, 0.29) is 6.61 Å². The average molecular weight is 289 g/mol. The molecule has 0 radical (unpaired) electrons. The van der Waals surface area contributed by atoms with Crippen LogP contribution >= 0.6 is 11.8 Å². The lowest BCUT2D eigenvalue weighted by Gasteiger charge is -2.27. The number of aliphatic hydroxyl groups excluding tert-OH is 1. The van der Waals surface area contributed by atoms with Gasteiger partial charge in [-0.3, -0.25) is 0 Å². The topological polar surface area (TPSA) is 72.0 Å². The van der Waals surface area contributed by atoms with Gasteiger partial charge in [0, 0.05) is 17.1 Å². The predicted octanol–water partition coefficient (Wildman–Crippen LogP) is 2.03. The molecule has 106 valence electrons. The van der Waals surface area contributed by atoms with Gasteiger partial charge >= 0.3 is 0 Å². The van der Waals surface area contributed by atoms with Crippen molar-refractivity contribution < 1.29 is 5.11 Å². The number of nitrogens with two attached hydrogens (primary N) is 1. The molecule has 0 fully saturated rings. The van der Waals surface area contributed by atoms with Gasteiger partial charge in [0.15, 0.2) is 5.16 Å². The maximum atomic E-state index is 9.65. The Hall–Kier alpha value is -1.43. The highest BCUT2D eigenvalue weighted by Crippen LogP contribution is 2.26. The lowest BCUT2D eigenvalue weighted by Crippen LogP contribution is -2.43. The number of aromatic nitrogens is 2. The molecule has 0 aliphatic carbocycles. The molecule has 0 aliphatic heterocycles. The summed E-state index contributed by atoms with van der Waals surface area (Å²) in [5.74, 6) is 0.524. The van der Waals surface area contributed by atoms with Gasteiger partial charge in [-0.1, -0.05) is 42.1 Å². The Kier molecular flexibility index (Phi) is 4.75. The van der Waals surface area contributed by atoms with Crippen molar-refractivity contribution >= 4 is 11.8 Å². The standard InChI is InChI=1S/C15H19N3OS/c1-11-8-12(2)18-14(17-11)20-10-15(16,9-19)13-6-4-3-5-7-13/h3-8,19H,9-10,16H2,1-2H3. The number of hydrogen-bond donors (Lipinski definition) is 2. The van der Waals surface area contributed by atoms with Crippen molar-refractivity contribution in [2.45, 2.75) is 24.5 Å². The molecular formula is C15H19N3OS. The number of rotatable bonds is 5. The van der Waals surface area contributed by atoms with Crippen LogP contribution in [0.25, 0.3) is 0 Å². The first kappa shape index (κ1) is 15.0. The molecule has 2 rings (SSSR count). The van der Waals surface area contributed by atoms with Crippen LogP contribution in [0.2, 0.25) is 0 Å². The van der Waals surface area contributed by atoms with E-state index >= 15 is 0 Å². The van der Waals surface area contributed by atoms with Crippen molar-refractivity contribution in [3.63, 3.8) is 0 Å². The van der Waals surface area contributed by atoms with Crippen molar-refractivity contribution in [1.29, 1.82) is 0 Å². The minimum absolute atomic E-state index is 0.116. The summed E-state index contributed by atoms with van der Waals surface area (Å²) in [6, 6.07) is 11.6. The van der Waals surface area contributed by atoms with Gasteiger partial charge in [-0.2, -0.15) is 0 Å². The highest BCUT2D eigenvalue weighted by atomic mass is 32.2. The van der Waals surface area contributed by atoms with E-state index in [0.717, 1.165) is 17.0 Å². The first-order valence-corrected chi connectivity index (χ1v) is 7.42. The largest absolute Gasteiger partial charge is 0.394 e. The lowest BCUT2D eigenvalue weighted by atomic mass is 9.94. The Balaban J connectivity index is 2.15. The number of hydrogen-bond acceptors (Lipinski definition) is 5. The van der Waals surface area contributed by atoms with Crippen LogP contribution in [0.5, 0.6) is 0 Å². The number of aliphatic hydroxyl groups is 1. The van der Waals surface area contributed by atoms with E-state index in [0.29, 0.717) is 10.9 Å². The van der Waals surface area contributed by atoms with E-state index in [9.17, 15) is 5.11 Å². The van der Waals surface area contributed by atoms with Crippen LogP contribution in [0.1, 0.15) is 17.0 Å². The quantitative estimate of drug-likeness (QED) is 0.651. The zero-order valence-corrected chi connectivity index (χ0v) is 12.5. The number of aryl methyl sites for hydroxylation is 2. The Labute approximate surface area is 123 Å². The first-order chi connectivity index (χ1) is 9.53. The van der Waals surface area contributed by atoms with Crippen molar-refractivity contribution in [2.75, 3.05) is 12.4 Å². The lowest BCUT2D eigenvalue weighted by molar-refractivity contribution is 0.213. The molecule has 20 heavy (non-hydrogen) atoms. The van der Waals surface area contributed by atoms with Gasteiger partial charge in [0.2, 0.25) is 0 Å². The highest BCUT2D eigenvalue weighted by molar-refractivity contribution is 7.99. The summed E-state index contributed by atoms with van der Waals surface area (Å²) < 4.78 is 0. The van der Waals surface area contributed by atoms with Gasteiger partial charge < -0.3 is 10.8 Å². The summed E-state index contributed by atoms with van der Waals surface area (Å²) in [6.45, 7) is 3.77. The van der Waals surface area contributed by atoms with Gasteiger partial charge in [-0.15, -0.1) is 0 Å². The van der Waals surface area contributed by atoms with E-state index in [1.165, 1.54) is 11.8 Å². The van der Waals surface area contributed by atoms with E-state index < -0.39 is 5.54 Å². The second kappa shape index (κ2) is 6.35. The molecule has 1 aromatic carbocycles. The van der Waals surface area contributed by atoms with E-state index in [4.69, 9.17) is 5.73 Å². The molecule has 0 saturated carbocycles. The Morgan fingerprint density at radius 2 is 1.75 bits per heavy atom. The fraction of sp³-hybridized carbons (Fsp3) is 0.333. The second-order valence-electron chi connectivity index (χ2n) is 4.90. The molecule has 4 nitrogen and oxygen atoms in total. The third kappa shape index (κ3) is 3.56. The normalized spacial score (nSPS) is 14.0. The molecule has 2 aromatic rings. The summed E-state index contributed by atoms with van der Waals surface area (Å²) in [5, 5.41) is 10.3. The Morgan fingerprint density at radius 3 is 2.30 bits per heavy atom. The van der Waals surface area contributed by atoms with Crippen molar-refractivity contribution in [3.8, 4) is 0 Å². The maximum absolute atomic E-state index is 9.65. The molecule has 5 heteroatoms. The summed E-state index contributed by atoms with van der Waals surface area (Å²) in [5.41, 5.74) is 8.32. The minimum Gasteiger partial charge on any atom is -0.394 e. The second-order valence-corrected chi connectivity index (χ2v) is 5.84. The van der Waals surface area contributed by atoms with Crippen LogP contribution in [-0.4, -0.2) is 27.4 Å². The smallest absolute Gasteiger partial charge is 0.188 e. The van der Waals surface area contributed by atoms with Gasteiger partial charge in [-0.05, 0) is 25.5 Å². The van der Waals surface area contributed by atoms with Crippen LogP contribution in [0.15, 0.2) is 41.6 Å². The molecule has 1 heterocycles. The van der Waals surface area contributed by atoms with Crippen molar-refractivity contribution in [1.82, 2.24) is 9.97 Å². The summed E-state index contributed by atoms with van der Waals surface area (Å²) in [4.78, 5) is 8.76. The average Bonchev–Trinajstić information content (AvgIpc) is 2.45. The third-order valence-electron chi connectivity index (χ3n) is 3.05. The first-order valence-electron chi connectivity index (χ1n) is 6.44. The number of nitrogens with zero attached hydrogens (tertiary/aromatic N) is 2. The van der Waals surface area contributed by atoms with Gasteiger partial charge in [0.25, 0.3) is 0 Å². The van der Waals surface area contributed by atoms with Crippen LogP contribution in [0.4, 0.5) is 0 Å². The van der Waals surface area contributed by atoms with Gasteiger partial charge in [0.1, 0.15) is 0 Å². The zero-order chi connectivity index (χ0) is 14.6. The molecule has 1 unspecified atom stereocenters.